The summed E-state index contributed by atoms with van der Waals surface area (Å²) in [6.07, 6.45) is 16.4. The van der Waals surface area contributed by atoms with Gasteiger partial charge in [-0.05, 0) is 166 Å². The Morgan fingerprint density at radius 2 is 0.769 bits per heavy atom. The first kappa shape index (κ1) is 38.5. The summed E-state index contributed by atoms with van der Waals surface area (Å²) in [5, 5.41) is 7.74. The van der Waals surface area contributed by atoms with E-state index in [-0.39, 0.29) is 0 Å². The van der Waals surface area contributed by atoms with Crippen LogP contribution in [-0.2, 0) is 0 Å². The highest BCUT2D eigenvalue weighted by Gasteiger charge is 2.21. The highest BCUT2D eigenvalue weighted by Crippen LogP contribution is 2.43. The molecular weight excluding hydrogens is 787 g/mol. The van der Waals surface area contributed by atoms with Crippen molar-refractivity contribution in [3.63, 3.8) is 0 Å². The molecule has 310 valence electrons. The molecule has 0 aliphatic heterocycles. The van der Waals surface area contributed by atoms with Crippen LogP contribution in [0.1, 0.15) is 31.2 Å². The molecule has 2 aliphatic carbocycles. The fourth-order valence-electron chi connectivity index (χ4n) is 10.3. The van der Waals surface area contributed by atoms with E-state index in [0.29, 0.717) is 0 Å². The lowest BCUT2D eigenvalue weighted by molar-refractivity contribution is 1.04. The zero-order valence-corrected chi connectivity index (χ0v) is 36.2. The summed E-state index contributed by atoms with van der Waals surface area (Å²) >= 11 is 0. The molecule has 0 N–H and O–H groups in total. The van der Waals surface area contributed by atoms with Gasteiger partial charge in [0.05, 0.1) is 11.0 Å². The van der Waals surface area contributed by atoms with Crippen molar-refractivity contribution in [2.75, 3.05) is 9.80 Å². The summed E-state index contributed by atoms with van der Waals surface area (Å²) in [5.41, 5.74) is 15.4. The molecule has 0 fully saturated rings. The third kappa shape index (κ3) is 6.85. The quantitative estimate of drug-likeness (QED) is 0.144. The minimum absolute atomic E-state index is 1.05. The van der Waals surface area contributed by atoms with E-state index in [0.717, 1.165) is 76.5 Å². The van der Waals surface area contributed by atoms with Crippen LogP contribution in [0, 0.1) is 0 Å². The second-order valence-corrected chi connectivity index (χ2v) is 17.0. The van der Waals surface area contributed by atoms with Crippen molar-refractivity contribution in [2.45, 2.75) is 25.7 Å². The van der Waals surface area contributed by atoms with Gasteiger partial charge in [-0.2, -0.15) is 0 Å². The highest BCUT2D eigenvalue weighted by molar-refractivity contribution is 6.12. The topological polar surface area (TPSA) is 11.4 Å². The average Bonchev–Trinajstić information content (AvgIpc) is 3.70. The van der Waals surface area contributed by atoms with E-state index < -0.39 is 0 Å². The monoisotopic (exact) mass is 833 g/mol. The van der Waals surface area contributed by atoms with Crippen molar-refractivity contribution in [1.82, 2.24) is 4.57 Å². The molecule has 12 rings (SSSR count). The largest absolute Gasteiger partial charge is 0.310 e. The lowest BCUT2D eigenvalue weighted by atomic mass is 9.85. The van der Waals surface area contributed by atoms with Gasteiger partial charge in [-0.3, -0.25) is 0 Å². The predicted octanol–water partition coefficient (Wildman–Crippen LogP) is 15.6. The zero-order valence-electron chi connectivity index (χ0n) is 36.2. The van der Waals surface area contributed by atoms with Crippen LogP contribution in [0.15, 0.2) is 224 Å². The van der Waals surface area contributed by atoms with Gasteiger partial charge in [-0.25, -0.2) is 0 Å². The van der Waals surface area contributed by atoms with Gasteiger partial charge in [0.15, 0.2) is 0 Å². The minimum atomic E-state index is 1.05. The molecule has 0 amide bonds. The lowest BCUT2D eigenvalue weighted by Gasteiger charge is -2.26. The smallest absolute Gasteiger partial charge is 0.0542 e. The van der Waals surface area contributed by atoms with Gasteiger partial charge in [0.1, 0.15) is 0 Å². The normalized spacial score (nSPS) is 13.3. The Hall–Kier alpha value is -8.14. The van der Waals surface area contributed by atoms with Gasteiger partial charge < -0.3 is 14.4 Å². The van der Waals surface area contributed by atoms with Crippen LogP contribution in [0.2, 0.25) is 0 Å². The number of benzene rings is 9. The Balaban J connectivity index is 1.06. The highest BCUT2D eigenvalue weighted by atomic mass is 15.1. The number of hydrogen-bond acceptors (Lipinski definition) is 2. The van der Waals surface area contributed by atoms with Crippen LogP contribution in [0.4, 0.5) is 34.1 Å². The Kier molecular flexibility index (Phi) is 9.80. The third-order valence-electron chi connectivity index (χ3n) is 13.2. The molecule has 10 aromatic rings. The molecule has 1 heterocycles. The van der Waals surface area contributed by atoms with Gasteiger partial charge in [0.25, 0.3) is 0 Å². The van der Waals surface area contributed by atoms with Crippen LogP contribution in [-0.4, -0.2) is 4.57 Å². The van der Waals surface area contributed by atoms with E-state index >= 15 is 0 Å². The van der Waals surface area contributed by atoms with Gasteiger partial charge in [0.2, 0.25) is 0 Å². The summed E-state index contributed by atoms with van der Waals surface area (Å²) < 4.78 is 2.45. The summed E-state index contributed by atoms with van der Waals surface area (Å²) in [7, 11) is 0. The molecule has 0 saturated carbocycles. The maximum absolute atomic E-state index is 2.48. The maximum Gasteiger partial charge on any atom is 0.0542 e. The van der Waals surface area contributed by atoms with Crippen LogP contribution in [0.25, 0.3) is 67.1 Å². The fourth-order valence-corrected chi connectivity index (χ4v) is 10.3. The zero-order chi connectivity index (χ0) is 43.1. The molecule has 1 aromatic heterocycles. The van der Waals surface area contributed by atoms with Crippen molar-refractivity contribution in [2.24, 2.45) is 0 Å². The first-order valence-corrected chi connectivity index (χ1v) is 22.9. The second-order valence-electron chi connectivity index (χ2n) is 17.0. The van der Waals surface area contributed by atoms with Crippen molar-refractivity contribution >= 4 is 84.4 Å². The maximum atomic E-state index is 2.48. The number of hydrogen-bond donors (Lipinski definition) is 0. The molecular formula is C62H47N3. The van der Waals surface area contributed by atoms with Gasteiger partial charge in [-0.1, -0.05) is 140 Å². The third-order valence-corrected chi connectivity index (χ3v) is 13.2. The fraction of sp³-hybridized carbons (Fsp3) is 0.0645. The summed E-state index contributed by atoms with van der Waals surface area (Å²) in [6, 6.07) is 75.0. The Morgan fingerprint density at radius 3 is 1.23 bits per heavy atom. The first-order valence-electron chi connectivity index (χ1n) is 22.9. The average molecular weight is 834 g/mol. The Morgan fingerprint density at radius 1 is 0.338 bits per heavy atom. The van der Waals surface area contributed by atoms with Crippen LogP contribution >= 0.6 is 0 Å². The number of aromatic nitrogens is 1. The Labute approximate surface area is 380 Å². The molecule has 9 aromatic carbocycles. The molecule has 0 atom stereocenters. The molecule has 0 saturated heterocycles. The molecule has 0 bridgehead atoms. The molecule has 0 radical (unpaired) electrons. The molecule has 3 nitrogen and oxygen atoms in total. The van der Waals surface area contributed by atoms with E-state index in [1.807, 2.05) is 0 Å². The lowest BCUT2D eigenvalue weighted by Crippen LogP contribution is -2.32. The first-order chi connectivity index (χ1) is 32.3. The van der Waals surface area contributed by atoms with Crippen molar-refractivity contribution < 1.29 is 0 Å². The van der Waals surface area contributed by atoms with Gasteiger partial charge in [0, 0.05) is 50.6 Å². The van der Waals surface area contributed by atoms with Crippen molar-refractivity contribution in [3.8, 4) is 16.8 Å². The van der Waals surface area contributed by atoms with E-state index in [4.69, 9.17) is 0 Å². The van der Waals surface area contributed by atoms with Crippen LogP contribution in [0.5, 0.6) is 0 Å². The van der Waals surface area contributed by atoms with Crippen LogP contribution in [0.3, 0.4) is 0 Å². The molecule has 0 unspecified atom stereocenters. The summed E-state index contributed by atoms with van der Waals surface area (Å²) in [6.45, 7) is 0. The van der Waals surface area contributed by atoms with E-state index in [1.165, 1.54) is 54.2 Å². The standard InChI is InChI=1S/C62H47N3/c1-6-20-44(21-7-1)61-53-30-16-18-32-55(53)62(56-33-19-17-31-54(56)61)45-34-36-50(37-35-45)65-59-40-38-51(63(46-22-8-2-9-23-46)47-24-10-3-11-25-47)42-57(59)58-43-52(39-41-60(58)65)64(48-26-12-4-13-27-48)49-28-14-5-15-29-49/h2-6,8-16,18,20-43H,1,7,17,19H2. The van der Waals surface area contributed by atoms with Gasteiger partial charge in [-0.15, -0.1) is 0 Å². The van der Waals surface area contributed by atoms with E-state index in [1.54, 1.807) is 0 Å². The number of para-hydroxylation sites is 4. The predicted molar refractivity (Wildman–Crippen MR) is 277 cm³/mol. The number of anilines is 6. The number of allylic oxidation sites excluding steroid dienone is 4. The molecule has 0 spiro atoms. The summed E-state index contributed by atoms with van der Waals surface area (Å²) in [5.74, 6) is 0. The number of nitrogens with zero attached hydrogens (tertiary/aromatic N) is 3. The van der Waals surface area contributed by atoms with Gasteiger partial charge >= 0.3 is 0 Å². The summed E-state index contributed by atoms with van der Waals surface area (Å²) in [4.78, 5) is 4.71. The second kappa shape index (κ2) is 16.5. The van der Waals surface area contributed by atoms with E-state index in [9.17, 15) is 0 Å². The van der Waals surface area contributed by atoms with Crippen molar-refractivity contribution in [3.05, 3.63) is 240 Å². The van der Waals surface area contributed by atoms with E-state index in [2.05, 4.69) is 251 Å². The van der Waals surface area contributed by atoms with Crippen molar-refractivity contribution in [1.29, 1.82) is 0 Å². The minimum Gasteiger partial charge on any atom is -0.310 e. The number of rotatable bonds is 9. The molecule has 2 aliphatic rings. The molecule has 65 heavy (non-hydrogen) atoms. The number of fused-ring (bicyclic) bond motifs is 5. The Bertz CT molecular complexity index is 3350. The SMILES string of the molecule is C1=CC(c2c3c(c(-c4ccc(-n5c6ccc(N(c7ccccc7)c7ccccc7)cc6c6cc(N(c7ccccc7)c7ccccc7)ccc65)cc4)c4ccccc24)=CCCC=3)=CCC1. The molecule has 3 heteroatoms. The van der Waals surface area contributed by atoms with Crippen LogP contribution < -0.4 is 20.2 Å².